The maximum Gasteiger partial charge on any atom is 0.0470 e. The molecule has 0 saturated heterocycles. The highest BCUT2D eigenvalue weighted by Crippen LogP contribution is 2.31. The highest BCUT2D eigenvalue weighted by Gasteiger charge is 2.23. The van der Waals surface area contributed by atoms with Crippen LogP contribution in [0.3, 0.4) is 0 Å². The summed E-state index contributed by atoms with van der Waals surface area (Å²) in [5, 5.41) is 0. The van der Waals surface area contributed by atoms with Gasteiger partial charge in [0.1, 0.15) is 0 Å². The van der Waals surface area contributed by atoms with Gasteiger partial charge in [-0.05, 0) is 49.9 Å². The van der Waals surface area contributed by atoms with Crippen molar-refractivity contribution in [2.45, 2.75) is 45.7 Å². The highest BCUT2D eigenvalue weighted by molar-refractivity contribution is 5.58. The summed E-state index contributed by atoms with van der Waals surface area (Å²) in [6, 6.07) is 7.76. The summed E-state index contributed by atoms with van der Waals surface area (Å²) in [7, 11) is 4.38. The first-order valence-electron chi connectivity index (χ1n) is 8.20. The second-order valence-electron chi connectivity index (χ2n) is 6.96. The van der Waals surface area contributed by atoms with Crippen molar-refractivity contribution in [3.05, 3.63) is 29.3 Å². The molecule has 0 aromatic heterocycles. The van der Waals surface area contributed by atoms with E-state index >= 15 is 0 Å². The van der Waals surface area contributed by atoms with Crippen LogP contribution in [0, 0.1) is 5.92 Å². The fraction of sp³-hybridized carbons (Fsp3) is 0.667. The van der Waals surface area contributed by atoms with Gasteiger partial charge in [-0.25, -0.2) is 0 Å². The molecule has 2 atom stereocenters. The van der Waals surface area contributed by atoms with E-state index in [2.05, 4.69) is 62.9 Å². The number of anilines is 1. The van der Waals surface area contributed by atoms with E-state index in [4.69, 9.17) is 5.73 Å². The normalized spacial score (nSPS) is 17.4. The summed E-state index contributed by atoms with van der Waals surface area (Å²) in [6.45, 7) is 8.68. The molecule has 21 heavy (non-hydrogen) atoms. The molecule has 0 radical (unpaired) electrons. The Morgan fingerprint density at radius 3 is 2.62 bits per heavy atom. The van der Waals surface area contributed by atoms with Crippen molar-refractivity contribution < 1.29 is 0 Å². The minimum Gasteiger partial charge on any atom is -0.374 e. The third-order valence-electron chi connectivity index (χ3n) is 4.84. The maximum atomic E-state index is 6.09. The molecule has 0 bridgehead atoms. The molecule has 3 heteroatoms. The van der Waals surface area contributed by atoms with Gasteiger partial charge < -0.3 is 10.6 Å². The molecule has 2 rings (SSSR count). The van der Waals surface area contributed by atoms with E-state index in [1.165, 1.54) is 23.2 Å². The minimum atomic E-state index is 0.315. The number of hydrogen-bond donors (Lipinski definition) is 1. The standard InChI is InChI=1S/C18H31N3/c1-13(2)10-14(3)21(5)18(12-19)15-6-7-17-16(11-15)8-9-20(17)4/h6-7,11,13-14,18H,8-10,12,19H2,1-5H3. The Labute approximate surface area is 130 Å². The number of rotatable bonds is 6. The van der Waals surface area contributed by atoms with Gasteiger partial charge in [0, 0.05) is 37.9 Å². The Kier molecular flexibility index (Phi) is 5.28. The van der Waals surface area contributed by atoms with Crippen LogP contribution in [0.15, 0.2) is 18.2 Å². The second kappa shape index (κ2) is 6.80. The first-order chi connectivity index (χ1) is 9.93. The maximum absolute atomic E-state index is 6.09. The predicted octanol–water partition coefficient (Wildman–Crippen LogP) is 3.05. The average molecular weight is 289 g/mol. The van der Waals surface area contributed by atoms with Crippen molar-refractivity contribution in [3.8, 4) is 0 Å². The lowest BCUT2D eigenvalue weighted by Crippen LogP contribution is -2.37. The summed E-state index contributed by atoms with van der Waals surface area (Å²) >= 11 is 0. The van der Waals surface area contributed by atoms with Gasteiger partial charge in [0.05, 0.1) is 0 Å². The summed E-state index contributed by atoms with van der Waals surface area (Å²) < 4.78 is 0. The smallest absolute Gasteiger partial charge is 0.0470 e. The fourth-order valence-electron chi connectivity index (χ4n) is 3.49. The molecule has 0 aliphatic carbocycles. The van der Waals surface area contributed by atoms with Crippen molar-refractivity contribution in [2.24, 2.45) is 11.7 Å². The Hall–Kier alpha value is -1.06. The van der Waals surface area contributed by atoms with Crippen LogP contribution in [-0.4, -0.2) is 38.1 Å². The molecule has 1 aliphatic heterocycles. The van der Waals surface area contributed by atoms with E-state index in [1.54, 1.807) is 0 Å². The number of fused-ring (bicyclic) bond motifs is 1. The zero-order chi connectivity index (χ0) is 15.6. The number of likely N-dealkylation sites (N-methyl/N-ethyl adjacent to an activating group) is 2. The zero-order valence-electron chi connectivity index (χ0n) is 14.3. The van der Waals surface area contributed by atoms with E-state index in [-0.39, 0.29) is 0 Å². The van der Waals surface area contributed by atoms with Crippen LogP contribution in [0.1, 0.15) is 44.4 Å². The molecule has 0 fully saturated rings. The Morgan fingerprint density at radius 2 is 2.00 bits per heavy atom. The van der Waals surface area contributed by atoms with Crippen molar-refractivity contribution in [2.75, 3.05) is 32.1 Å². The van der Waals surface area contributed by atoms with Crippen LogP contribution in [-0.2, 0) is 6.42 Å². The van der Waals surface area contributed by atoms with Crippen LogP contribution in [0.2, 0.25) is 0 Å². The summed E-state index contributed by atoms with van der Waals surface area (Å²) in [4.78, 5) is 4.78. The fourth-order valence-corrected chi connectivity index (χ4v) is 3.49. The first-order valence-corrected chi connectivity index (χ1v) is 8.20. The van der Waals surface area contributed by atoms with Gasteiger partial charge in [0.2, 0.25) is 0 Å². The van der Waals surface area contributed by atoms with Gasteiger partial charge in [0.15, 0.2) is 0 Å². The summed E-state index contributed by atoms with van der Waals surface area (Å²) in [5.74, 6) is 0.717. The number of benzene rings is 1. The van der Waals surface area contributed by atoms with Crippen molar-refractivity contribution in [1.29, 1.82) is 0 Å². The predicted molar refractivity (Wildman–Crippen MR) is 91.9 cm³/mol. The number of hydrogen-bond acceptors (Lipinski definition) is 3. The topological polar surface area (TPSA) is 32.5 Å². The molecule has 0 spiro atoms. The van der Waals surface area contributed by atoms with Gasteiger partial charge in [-0.1, -0.05) is 26.0 Å². The van der Waals surface area contributed by atoms with Gasteiger partial charge in [-0.3, -0.25) is 4.90 Å². The summed E-state index contributed by atoms with van der Waals surface area (Å²) in [6.07, 6.45) is 2.36. The van der Waals surface area contributed by atoms with Crippen LogP contribution in [0.25, 0.3) is 0 Å². The quantitative estimate of drug-likeness (QED) is 0.873. The highest BCUT2D eigenvalue weighted by atomic mass is 15.2. The molecule has 1 heterocycles. The van der Waals surface area contributed by atoms with Gasteiger partial charge in [-0.15, -0.1) is 0 Å². The van der Waals surface area contributed by atoms with E-state index in [1.807, 2.05) is 0 Å². The zero-order valence-corrected chi connectivity index (χ0v) is 14.3. The van der Waals surface area contributed by atoms with Crippen LogP contribution in [0.4, 0.5) is 5.69 Å². The monoisotopic (exact) mass is 289 g/mol. The summed E-state index contributed by atoms with van der Waals surface area (Å²) in [5.41, 5.74) is 10.3. The number of nitrogens with two attached hydrogens (primary N) is 1. The molecule has 3 nitrogen and oxygen atoms in total. The van der Waals surface area contributed by atoms with Crippen LogP contribution >= 0.6 is 0 Å². The molecule has 2 N–H and O–H groups in total. The molecule has 0 amide bonds. The first kappa shape index (κ1) is 16.3. The van der Waals surface area contributed by atoms with Gasteiger partial charge >= 0.3 is 0 Å². The third-order valence-corrected chi connectivity index (χ3v) is 4.84. The Bertz CT molecular complexity index is 470. The van der Waals surface area contributed by atoms with Gasteiger partial charge in [0.25, 0.3) is 0 Å². The van der Waals surface area contributed by atoms with Crippen molar-refractivity contribution in [1.82, 2.24) is 4.90 Å². The molecule has 1 aliphatic rings. The molecular weight excluding hydrogens is 258 g/mol. The van der Waals surface area contributed by atoms with Crippen molar-refractivity contribution >= 4 is 5.69 Å². The van der Waals surface area contributed by atoms with Gasteiger partial charge in [-0.2, -0.15) is 0 Å². The molecule has 0 saturated carbocycles. The van der Waals surface area contributed by atoms with Crippen LogP contribution < -0.4 is 10.6 Å². The largest absolute Gasteiger partial charge is 0.374 e. The molecular formula is C18H31N3. The van der Waals surface area contributed by atoms with E-state index in [0.29, 0.717) is 18.6 Å². The third kappa shape index (κ3) is 3.58. The Balaban J connectivity index is 2.18. The van der Waals surface area contributed by atoms with E-state index < -0.39 is 0 Å². The lowest BCUT2D eigenvalue weighted by atomic mass is 9.98. The van der Waals surface area contributed by atoms with E-state index in [0.717, 1.165) is 18.9 Å². The number of nitrogens with zero attached hydrogens (tertiary/aromatic N) is 2. The minimum absolute atomic E-state index is 0.315. The second-order valence-corrected chi connectivity index (χ2v) is 6.96. The van der Waals surface area contributed by atoms with E-state index in [9.17, 15) is 0 Å². The van der Waals surface area contributed by atoms with Crippen molar-refractivity contribution in [3.63, 3.8) is 0 Å². The molecule has 118 valence electrons. The SMILES string of the molecule is CC(C)CC(C)N(C)C(CN)c1ccc2c(c1)CCN2C. The molecule has 1 aromatic rings. The molecule has 1 aromatic carbocycles. The Morgan fingerprint density at radius 1 is 1.29 bits per heavy atom. The molecule has 2 unspecified atom stereocenters. The van der Waals surface area contributed by atoms with Crippen LogP contribution in [0.5, 0.6) is 0 Å². The lowest BCUT2D eigenvalue weighted by molar-refractivity contribution is 0.168. The lowest BCUT2D eigenvalue weighted by Gasteiger charge is -2.34. The average Bonchev–Trinajstić information content (AvgIpc) is 2.80.